The van der Waals surface area contributed by atoms with E-state index >= 15 is 0 Å². The van der Waals surface area contributed by atoms with Gasteiger partial charge in [0.1, 0.15) is 0 Å². The van der Waals surface area contributed by atoms with E-state index in [1.165, 1.54) is 37.8 Å². The maximum atomic E-state index is 4.49. The standard InChI is InChI=1S/C16H28N2/c1-6-9-10-11-12-16(4,8-3)15-13-14(7-2)17-18(15)5/h7,13H,2,6,8-12H2,1,3-5H3. The van der Waals surface area contributed by atoms with Gasteiger partial charge in [-0.2, -0.15) is 5.10 Å². The van der Waals surface area contributed by atoms with Gasteiger partial charge in [0.05, 0.1) is 5.69 Å². The Hall–Kier alpha value is -1.05. The molecule has 0 aliphatic carbocycles. The minimum atomic E-state index is 0.247. The van der Waals surface area contributed by atoms with Gasteiger partial charge in [0.15, 0.2) is 0 Å². The van der Waals surface area contributed by atoms with E-state index in [0.29, 0.717) is 0 Å². The first kappa shape index (κ1) is 15.0. The summed E-state index contributed by atoms with van der Waals surface area (Å²) in [6.45, 7) is 10.7. The summed E-state index contributed by atoms with van der Waals surface area (Å²) in [4.78, 5) is 0. The van der Waals surface area contributed by atoms with Crippen molar-refractivity contribution in [2.24, 2.45) is 7.05 Å². The first-order valence-electron chi connectivity index (χ1n) is 7.24. The van der Waals surface area contributed by atoms with Crippen LogP contribution >= 0.6 is 0 Å². The monoisotopic (exact) mass is 248 g/mol. The molecule has 1 aromatic heterocycles. The van der Waals surface area contributed by atoms with Gasteiger partial charge in [0.2, 0.25) is 0 Å². The molecule has 0 aromatic carbocycles. The third kappa shape index (κ3) is 3.47. The highest BCUT2D eigenvalue weighted by atomic mass is 15.3. The highest BCUT2D eigenvalue weighted by molar-refractivity contribution is 5.43. The maximum absolute atomic E-state index is 4.49. The van der Waals surface area contributed by atoms with Crippen LogP contribution in [0.15, 0.2) is 12.6 Å². The molecule has 0 fully saturated rings. The smallest absolute Gasteiger partial charge is 0.0848 e. The van der Waals surface area contributed by atoms with E-state index in [9.17, 15) is 0 Å². The van der Waals surface area contributed by atoms with Crippen LogP contribution in [-0.2, 0) is 12.5 Å². The van der Waals surface area contributed by atoms with Gasteiger partial charge in [-0.15, -0.1) is 0 Å². The Morgan fingerprint density at radius 1 is 1.33 bits per heavy atom. The van der Waals surface area contributed by atoms with Crippen LogP contribution in [0, 0.1) is 0 Å². The van der Waals surface area contributed by atoms with E-state index in [1.807, 2.05) is 17.8 Å². The van der Waals surface area contributed by atoms with E-state index in [1.54, 1.807) is 0 Å². The molecule has 2 nitrogen and oxygen atoms in total. The molecule has 0 N–H and O–H groups in total. The molecule has 0 amide bonds. The van der Waals surface area contributed by atoms with Crippen LogP contribution < -0.4 is 0 Å². The van der Waals surface area contributed by atoms with E-state index in [4.69, 9.17) is 0 Å². The fraction of sp³-hybridized carbons (Fsp3) is 0.688. The van der Waals surface area contributed by atoms with Crippen molar-refractivity contribution in [3.8, 4) is 0 Å². The Labute approximate surface area is 112 Å². The van der Waals surface area contributed by atoms with Gasteiger partial charge in [0.25, 0.3) is 0 Å². The summed E-state index contributed by atoms with van der Waals surface area (Å²) in [5, 5.41) is 4.49. The molecule has 0 spiro atoms. The van der Waals surface area contributed by atoms with Gasteiger partial charge >= 0.3 is 0 Å². The molecule has 18 heavy (non-hydrogen) atoms. The second-order valence-corrected chi connectivity index (χ2v) is 5.51. The van der Waals surface area contributed by atoms with Crippen molar-refractivity contribution in [2.45, 2.75) is 64.7 Å². The molecule has 0 radical (unpaired) electrons. The molecule has 0 saturated carbocycles. The summed E-state index contributed by atoms with van der Waals surface area (Å²) in [6.07, 6.45) is 9.55. The molecule has 2 heteroatoms. The lowest BCUT2D eigenvalue weighted by Crippen LogP contribution is -2.24. The van der Waals surface area contributed by atoms with Gasteiger partial charge in [-0.05, 0) is 25.0 Å². The zero-order valence-electron chi connectivity index (χ0n) is 12.5. The van der Waals surface area contributed by atoms with Gasteiger partial charge in [-0.25, -0.2) is 0 Å². The third-order valence-electron chi connectivity index (χ3n) is 4.09. The highest BCUT2D eigenvalue weighted by Crippen LogP contribution is 2.33. The van der Waals surface area contributed by atoms with E-state index in [0.717, 1.165) is 12.1 Å². The van der Waals surface area contributed by atoms with Crippen molar-refractivity contribution in [3.63, 3.8) is 0 Å². The predicted octanol–water partition coefficient (Wildman–Crippen LogP) is 4.70. The molecule has 1 unspecified atom stereocenters. The minimum absolute atomic E-state index is 0.247. The summed E-state index contributed by atoms with van der Waals surface area (Å²) in [5.74, 6) is 0. The van der Waals surface area contributed by atoms with Crippen molar-refractivity contribution in [1.82, 2.24) is 9.78 Å². The zero-order chi connectivity index (χ0) is 13.6. The molecule has 102 valence electrons. The Morgan fingerprint density at radius 2 is 2.06 bits per heavy atom. The SMILES string of the molecule is C=Cc1cc(C(C)(CC)CCCCCC)n(C)n1. The van der Waals surface area contributed by atoms with Crippen LogP contribution in [-0.4, -0.2) is 9.78 Å². The number of rotatable bonds is 8. The van der Waals surface area contributed by atoms with Crippen LogP contribution in [0.2, 0.25) is 0 Å². The van der Waals surface area contributed by atoms with Crippen molar-refractivity contribution in [1.29, 1.82) is 0 Å². The number of aryl methyl sites for hydroxylation is 1. The largest absolute Gasteiger partial charge is 0.272 e. The van der Waals surface area contributed by atoms with Crippen molar-refractivity contribution in [2.75, 3.05) is 0 Å². The van der Waals surface area contributed by atoms with Crippen molar-refractivity contribution < 1.29 is 0 Å². The van der Waals surface area contributed by atoms with Gasteiger partial charge in [0, 0.05) is 18.2 Å². The molecular weight excluding hydrogens is 220 g/mol. The summed E-state index contributed by atoms with van der Waals surface area (Å²) in [5.41, 5.74) is 2.58. The first-order valence-corrected chi connectivity index (χ1v) is 7.24. The Balaban J connectivity index is 2.78. The van der Waals surface area contributed by atoms with Crippen molar-refractivity contribution in [3.05, 3.63) is 24.0 Å². The average Bonchev–Trinajstić information content (AvgIpc) is 2.76. The number of aromatic nitrogens is 2. The molecule has 1 rings (SSSR count). The Bertz CT molecular complexity index is 378. The van der Waals surface area contributed by atoms with Gasteiger partial charge < -0.3 is 0 Å². The first-order chi connectivity index (χ1) is 8.57. The Kier molecular flexibility index (Phi) is 5.64. The van der Waals surface area contributed by atoms with E-state index in [2.05, 4.69) is 38.5 Å². The second-order valence-electron chi connectivity index (χ2n) is 5.51. The number of unbranched alkanes of at least 4 members (excludes halogenated alkanes) is 3. The second kappa shape index (κ2) is 6.77. The predicted molar refractivity (Wildman–Crippen MR) is 79.7 cm³/mol. The van der Waals surface area contributed by atoms with Crippen molar-refractivity contribution >= 4 is 6.08 Å². The van der Waals surface area contributed by atoms with Crippen LogP contribution in [0.5, 0.6) is 0 Å². The number of hydrogen-bond donors (Lipinski definition) is 0. The average molecular weight is 248 g/mol. The summed E-state index contributed by atoms with van der Waals surface area (Å²) in [6, 6.07) is 2.19. The molecule has 1 aromatic rings. The minimum Gasteiger partial charge on any atom is -0.272 e. The van der Waals surface area contributed by atoms with Crippen LogP contribution in [0.4, 0.5) is 0 Å². The molecule has 0 bridgehead atoms. The van der Waals surface area contributed by atoms with Crippen LogP contribution in [0.25, 0.3) is 6.08 Å². The molecular formula is C16H28N2. The topological polar surface area (TPSA) is 17.8 Å². The summed E-state index contributed by atoms with van der Waals surface area (Å²) in [7, 11) is 2.04. The molecule has 1 atom stereocenters. The molecule has 1 heterocycles. The lowest BCUT2D eigenvalue weighted by atomic mass is 9.79. The quantitative estimate of drug-likeness (QED) is 0.610. The molecule has 0 aliphatic rings. The normalized spacial score (nSPS) is 14.4. The van der Waals surface area contributed by atoms with Crippen LogP contribution in [0.3, 0.4) is 0 Å². The summed E-state index contributed by atoms with van der Waals surface area (Å²) < 4.78 is 2.03. The number of nitrogens with zero attached hydrogens (tertiary/aromatic N) is 2. The third-order valence-corrected chi connectivity index (χ3v) is 4.09. The van der Waals surface area contributed by atoms with Crippen LogP contribution in [0.1, 0.15) is 70.7 Å². The zero-order valence-corrected chi connectivity index (χ0v) is 12.5. The fourth-order valence-electron chi connectivity index (χ4n) is 2.58. The molecule has 0 aliphatic heterocycles. The molecule has 0 saturated heterocycles. The lowest BCUT2D eigenvalue weighted by molar-refractivity contribution is 0.370. The van der Waals surface area contributed by atoms with E-state index < -0.39 is 0 Å². The summed E-state index contributed by atoms with van der Waals surface area (Å²) >= 11 is 0. The maximum Gasteiger partial charge on any atom is 0.0848 e. The highest BCUT2D eigenvalue weighted by Gasteiger charge is 2.27. The number of hydrogen-bond acceptors (Lipinski definition) is 1. The lowest BCUT2D eigenvalue weighted by Gasteiger charge is -2.28. The van der Waals surface area contributed by atoms with Gasteiger partial charge in [-0.3, -0.25) is 4.68 Å². The Morgan fingerprint density at radius 3 is 2.56 bits per heavy atom. The van der Waals surface area contributed by atoms with E-state index in [-0.39, 0.29) is 5.41 Å². The van der Waals surface area contributed by atoms with Gasteiger partial charge in [-0.1, -0.05) is 53.0 Å². The fourth-order valence-corrected chi connectivity index (χ4v) is 2.58.